The number of phenols is 3. The van der Waals surface area contributed by atoms with Crippen LogP contribution in [-0.2, 0) is 0 Å². The lowest BCUT2D eigenvalue weighted by Crippen LogP contribution is -2.10. The molecule has 0 heterocycles. The lowest BCUT2D eigenvalue weighted by Gasteiger charge is -2.12. The Labute approximate surface area is 186 Å². The molecular weight excluding hydrogens is 436 g/mol. The van der Waals surface area contributed by atoms with Gasteiger partial charge in [0.05, 0.1) is 16.1 Å². The van der Waals surface area contributed by atoms with Gasteiger partial charge in [-0.15, -0.1) is 0 Å². The van der Waals surface area contributed by atoms with E-state index in [1.165, 1.54) is 36.4 Å². The van der Waals surface area contributed by atoms with Crippen LogP contribution >= 0.6 is 11.6 Å². The number of hydrogen-bond donors (Lipinski definition) is 3. The van der Waals surface area contributed by atoms with Crippen LogP contribution in [0.3, 0.4) is 0 Å². The van der Waals surface area contributed by atoms with E-state index >= 15 is 0 Å². The van der Waals surface area contributed by atoms with Gasteiger partial charge in [-0.25, -0.2) is 9.59 Å². The van der Waals surface area contributed by atoms with E-state index in [-0.39, 0.29) is 39.1 Å². The minimum Gasteiger partial charge on any atom is -0.506 e. The maximum absolute atomic E-state index is 12.6. The summed E-state index contributed by atoms with van der Waals surface area (Å²) in [5.74, 6) is -2.23. The number of aromatic hydroxyl groups is 3. The van der Waals surface area contributed by atoms with E-state index in [9.17, 15) is 24.9 Å². The molecule has 0 fully saturated rings. The number of hydrogen-bond acceptors (Lipinski definition) is 7. The maximum atomic E-state index is 12.6. The van der Waals surface area contributed by atoms with E-state index in [1.54, 1.807) is 30.3 Å². The predicted molar refractivity (Wildman–Crippen MR) is 117 cm³/mol. The Bertz CT molecular complexity index is 1360. The molecule has 0 aliphatic heterocycles. The van der Waals surface area contributed by atoms with E-state index in [0.717, 1.165) is 6.07 Å². The first-order valence-corrected chi connectivity index (χ1v) is 9.67. The molecule has 0 saturated heterocycles. The van der Waals surface area contributed by atoms with Gasteiger partial charge in [0.25, 0.3) is 0 Å². The second kappa shape index (κ2) is 8.49. The molecule has 0 atom stereocenters. The number of carbonyl (C=O) groups is 2. The summed E-state index contributed by atoms with van der Waals surface area (Å²) < 4.78 is 10.9. The fourth-order valence-corrected chi connectivity index (χ4v) is 3.18. The van der Waals surface area contributed by atoms with Crippen LogP contribution in [0.1, 0.15) is 20.7 Å². The van der Waals surface area contributed by atoms with Crippen molar-refractivity contribution < 1.29 is 34.4 Å². The number of ether oxygens (including phenoxy) is 2. The van der Waals surface area contributed by atoms with Crippen molar-refractivity contribution in [1.29, 1.82) is 0 Å². The first kappa shape index (κ1) is 21.0. The van der Waals surface area contributed by atoms with Crippen LogP contribution in [0.15, 0.2) is 72.8 Å². The third kappa shape index (κ3) is 4.28. The van der Waals surface area contributed by atoms with Crippen LogP contribution < -0.4 is 9.47 Å². The van der Waals surface area contributed by atoms with Gasteiger partial charge in [0, 0.05) is 11.5 Å². The number of benzene rings is 4. The van der Waals surface area contributed by atoms with Crippen molar-refractivity contribution in [2.45, 2.75) is 0 Å². The quantitative estimate of drug-likeness (QED) is 0.226. The van der Waals surface area contributed by atoms with Crippen molar-refractivity contribution in [3.8, 4) is 28.7 Å². The Morgan fingerprint density at radius 2 is 1.34 bits per heavy atom. The lowest BCUT2D eigenvalue weighted by atomic mass is 10.1. The van der Waals surface area contributed by atoms with E-state index < -0.39 is 17.7 Å². The first-order valence-electron chi connectivity index (χ1n) is 9.29. The highest BCUT2D eigenvalue weighted by Crippen LogP contribution is 2.33. The van der Waals surface area contributed by atoms with E-state index in [4.69, 9.17) is 21.1 Å². The highest BCUT2D eigenvalue weighted by atomic mass is 35.5. The van der Waals surface area contributed by atoms with Gasteiger partial charge in [-0.3, -0.25) is 0 Å². The van der Waals surface area contributed by atoms with Gasteiger partial charge in [-0.05, 0) is 47.9 Å². The SMILES string of the molecule is O=C(Oc1cc(OC(=O)c2ccc(O)c(Cl)c2)c2ccccc2c1)c1ccc(O)c(O)c1. The minimum absolute atomic E-state index is 0.00383. The van der Waals surface area contributed by atoms with Crippen LogP contribution in [0.25, 0.3) is 10.8 Å². The third-order valence-corrected chi connectivity index (χ3v) is 4.91. The second-order valence-corrected chi connectivity index (χ2v) is 7.20. The highest BCUT2D eigenvalue weighted by Gasteiger charge is 2.17. The van der Waals surface area contributed by atoms with Crippen molar-refractivity contribution in [3.05, 3.63) is 88.9 Å². The molecule has 0 aliphatic rings. The number of esters is 2. The van der Waals surface area contributed by atoms with Crippen LogP contribution in [0.2, 0.25) is 5.02 Å². The summed E-state index contributed by atoms with van der Waals surface area (Å²) >= 11 is 5.87. The summed E-state index contributed by atoms with van der Waals surface area (Å²) in [5, 5.41) is 29.8. The van der Waals surface area contributed by atoms with E-state index in [2.05, 4.69) is 0 Å². The Hall–Kier alpha value is -4.23. The Morgan fingerprint density at radius 3 is 2.06 bits per heavy atom. The van der Waals surface area contributed by atoms with E-state index in [1.807, 2.05) is 0 Å². The van der Waals surface area contributed by atoms with Gasteiger partial charge in [-0.1, -0.05) is 35.9 Å². The summed E-state index contributed by atoms with van der Waals surface area (Å²) in [6.07, 6.45) is 0. The van der Waals surface area contributed by atoms with Crippen LogP contribution in [0.5, 0.6) is 28.7 Å². The topological polar surface area (TPSA) is 113 Å². The summed E-state index contributed by atoms with van der Waals surface area (Å²) in [6.45, 7) is 0. The summed E-state index contributed by atoms with van der Waals surface area (Å²) in [5.41, 5.74) is 0.143. The van der Waals surface area contributed by atoms with Crippen molar-refractivity contribution in [1.82, 2.24) is 0 Å². The zero-order valence-electron chi connectivity index (χ0n) is 16.3. The molecule has 32 heavy (non-hydrogen) atoms. The van der Waals surface area contributed by atoms with Crippen molar-refractivity contribution in [3.63, 3.8) is 0 Å². The molecule has 0 unspecified atom stereocenters. The van der Waals surface area contributed by atoms with Gasteiger partial charge >= 0.3 is 11.9 Å². The van der Waals surface area contributed by atoms with Gasteiger partial charge < -0.3 is 24.8 Å². The largest absolute Gasteiger partial charge is 0.506 e. The van der Waals surface area contributed by atoms with Crippen molar-refractivity contribution in [2.75, 3.05) is 0 Å². The third-order valence-electron chi connectivity index (χ3n) is 4.61. The monoisotopic (exact) mass is 450 g/mol. The number of phenolic OH excluding ortho intramolecular Hbond substituents is 3. The van der Waals surface area contributed by atoms with Crippen molar-refractivity contribution in [2.24, 2.45) is 0 Å². The fraction of sp³-hybridized carbons (Fsp3) is 0. The smallest absolute Gasteiger partial charge is 0.343 e. The maximum Gasteiger partial charge on any atom is 0.343 e. The molecule has 160 valence electrons. The molecule has 0 bridgehead atoms. The fourth-order valence-electron chi connectivity index (χ4n) is 3.00. The molecule has 8 heteroatoms. The molecule has 7 nitrogen and oxygen atoms in total. The Balaban J connectivity index is 1.66. The normalized spacial score (nSPS) is 10.7. The number of carbonyl (C=O) groups excluding carboxylic acids is 2. The molecule has 0 amide bonds. The standard InChI is InChI=1S/C24H15ClO7/c25-18-10-14(5-7-19(18)26)24(30)32-22-12-16(9-13-3-1-2-4-17(13)22)31-23(29)15-6-8-20(27)21(28)11-15/h1-12,26-28H. The summed E-state index contributed by atoms with van der Waals surface area (Å²) in [7, 11) is 0. The summed E-state index contributed by atoms with van der Waals surface area (Å²) in [4.78, 5) is 25.1. The summed E-state index contributed by atoms with van der Waals surface area (Å²) in [6, 6.07) is 17.5. The van der Waals surface area contributed by atoms with Crippen LogP contribution in [0.4, 0.5) is 0 Å². The Morgan fingerprint density at radius 1 is 0.688 bits per heavy atom. The van der Waals surface area contributed by atoms with Crippen LogP contribution in [-0.4, -0.2) is 27.3 Å². The second-order valence-electron chi connectivity index (χ2n) is 6.79. The first-order chi connectivity index (χ1) is 15.3. The lowest BCUT2D eigenvalue weighted by molar-refractivity contribution is 0.0734. The Kier molecular flexibility index (Phi) is 5.57. The average molecular weight is 451 g/mol. The molecule has 0 spiro atoms. The minimum atomic E-state index is -0.779. The highest BCUT2D eigenvalue weighted by molar-refractivity contribution is 6.32. The molecule has 4 aromatic rings. The van der Waals surface area contributed by atoms with Gasteiger partial charge in [0.1, 0.15) is 17.2 Å². The predicted octanol–water partition coefficient (Wildman–Crippen LogP) is 5.05. The van der Waals surface area contributed by atoms with Gasteiger partial charge in [-0.2, -0.15) is 0 Å². The molecule has 4 rings (SSSR count). The van der Waals surface area contributed by atoms with Crippen LogP contribution in [0, 0.1) is 0 Å². The molecule has 0 radical (unpaired) electrons. The average Bonchev–Trinajstić information content (AvgIpc) is 2.77. The molecule has 0 aliphatic carbocycles. The molecule has 0 saturated carbocycles. The van der Waals surface area contributed by atoms with Gasteiger partial charge in [0.15, 0.2) is 11.5 Å². The zero-order valence-corrected chi connectivity index (χ0v) is 17.0. The zero-order chi connectivity index (χ0) is 22.8. The number of fused-ring (bicyclic) bond motifs is 1. The van der Waals surface area contributed by atoms with E-state index in [0.29, 0.717) is 10.8 Å². The number of halogens is 1. The van der Waals surface area contributed by atoms with Crippen molar-refractivity contribution >= 4 is 34.3 Å². The van der Waals surface area contributed by atoms with Gasteiger partial charge in [0.2, 0.25) is 0 Å². The molecular formula is C24H15ClO7. The molecule has 4 aromatic carbocycles. The molecule has 0 aromatic heterocycles. The number of rotatable bonds is 4. The molecule has 3 N–H and O–H groups in total.